The van der Waals surface area contributed by atoms with Crippen molar-refractivity contribution in [2.45, 2.75) is 0 Å². The molecule has 1 N–H and O–H groups in total. The Bertz CT molecular complexity index is 1080. The molecule has 4 aromatic rings. The molecule has 3 nitrogen and oxygen atoms in total. The predicted molar refractivity (Wildman–Crippen MR) is 106 cm³/mol. The second-order valence-corrected chi connectivity index (χ2v) is 6.87. The molecule has 0 unspecified atom stereocenters. The predicted octanol–water partition coefficient (Wildman–Crippen LogP) is 5.43. The van der Waals surface area contributed by atoms with E-state index in [1.807, 2.05) is 48.5 Å². The van der Waals surface area contributed by atoms with Gasteiger partial charge in [-0.3, -0.25) is 4.79 Å². The van der Waals surface area contributed by atoms with Gasteiger partial charge in [-0.25, -0.2) is 4.98 Å². The fraction of sp³-hybridized carbons (Fsp3) is 0. The smallest absolute Gasteiger partial charge is 0.196 e. The molecule has 0 aliphatic carbocycles. The highest BCUT2D eigenvalue weighted by Gasteiger charge is 2.18. The van der Waals surface area contributed by atoms with Crippen LogP contribution in [0.5, 0.6) is 5.75 Å². The zero-order chi connectivity index (χ0) is 17.9. The molecular formula is C22H15NO2S. The van der Waals surface area contributed by atoms with E-state index < -0.39 is 0 Å². The lowest BCUT2D eigenvalue weighted by atomic mass is 10.0. The molecule has 0 atom stereocenters. The number of nitrogens with zero attached hydrogens (tertiary/aromatic N) is 1. The average molecular weight is 357 g/mol. The Hall–Kier alpha value is -3.24. The molecule has 1 aromatic heterocycles. The Morgan fingerprint density at radius 1 is 0.923 bits per heavy atom. The Morgan fingerprint density at radius 2 is 1.69 bits per heavy atom. The Labute approximate surface area is 154 Å². The first-order valence-corrected chi connectivity index (χ1v) is 8.99. The van der Waals surface area contributed by atoms with Gasteiger partial charge in [0.15, 0.2) is 5.78 Å². The Kier molecular flexibility index (Phi) is 4.33. The first-order chi connectivity index (χ1) is 12.7. The van der Waals surface area contributed by atoms with Gasteiger partial charge in [0.05, 0.1) is 15.8 Å². The van der Waals surface area contributed by atoms with Crippen molar-refractivity contribution in [2.24, 2.45) is 0 Å². The van der Waals surface area contributed by atoms with E-state index in [1.54, 1.807) is 36.4 Å². The van der Waals surface area contributed by atoms with E-state index in [1.165, 1.54) is 11.3 Å². The first-order valence-electron chi connectivity index (χ1n) is 8.17. The largest absolute Gasteiger partial charge is 0.508 e. The molecule has 0 aliphatic rings. The van der Waals surface area contributed by atoms with Gasteiger partial charge in [-0.1, -0.05) is 54.6 Å². The van der Waals surface area contributed by atoms with Crippen LogP contribution >= 0.6 is 11.3 Å². The maximum atomic E-state index is 13.1. The lowest BCUT2D eigenvalue weighted by Crippen LogP contribution is -2.02. The van der Waals surface area contributed by atoms with E-state index in [0.29, 0.717) is 16.1 Å². The van der Waals surface area contributed by atoms with Gasteiger partial charge in [-0.05, 0) is 35.9 Å². The molecular weight excluding hydrogens is 342 g/mol. The topological polar surface area (TPSA) is 50.2 Å². The van der Waals surface area contributed by atoms with Crippen LogP contribution in [0.2, 0.25) is 0 Å². The van der Waals surface area contributed by atoms with Crippen molar-refractivity contribution >= 4 is 39.0 Å². The molecule has 0 saturated carbocycles. The fourth-order valence-electron chi connectivity index (χ4n) is 2.74. The first kappa shape index (κ1) is 16.2. The summed E-state index contributed by atoms with van der Waals surface area (Å²) >= 11 is 1.49. The van der Waals surface area contributed by atoms with Gasteiger partial charge < -0.3 is 5.11 Å². The summed E-state index contributed by atoms with van der Waals surface area (Å²) in [7, 11) is 0. The molecule has 0 saturated heterocycles. The van der Waals surface area contributed by atoms with Crippen LogP contribution in [-0.4, -0.2) is 15.9 Å². The number of phenolic OH excluding ortho intramolecular Hbond substituents is 1. The van der Waals surface area contributed by atoms with Gasteiger partial charge in [-0.2, -0.15) is 0 Å². The molecule has 4 rings (SSSR count). The average Bonchev–Trinajstić information content (AvgIpc) is 3.10. The lowest BCUT2D eigenvalue weighted by Gasteiger charge is -2.05. The Balaban J connectivity index is 1.87. The Morgan fingerprint density at radius 3 is 2.46 bits per heavy atom. The van der Waals surface area contributed by atoms with Gasteiger partial charge >= 0.3 is 0 Å². The van der Waals surface area contributed by atoms with Crippen molar-refractivity contribution in [1.29, 1.82) is 0 Å². The second kappa shape index (κ2) is 6.94. The highest BCUT2D eigenvalue weighted by molar-refractivity contribution is 7.20. The number of benzene rings is 3. The van der Waals surface area contributed by atoms with Crippen LogP contribution < -0.4 is 0 Å². The van der Waals surface area contributed by atoms with Crippen molar-refractivity contribution < 1.29 is 9.90 Å². The molecule has 0 spiro atoms. The number of carbonyl (C=O) groups is 1. The highest BCUT2D eigenvalue weighted by atomic mass is 32.1. The number of fused-ring (bicyclic) bond motifs is 1. The van der Waals surface area contributed by atoms with Crippen LogP contribution in [0.1, 0.15) is 20.9 Å². The van der Waals surface area contributed by atoms with Crippen molar-refractivity contribution in [1.82, 2.24) is 4.98 Å². The monoisotopic (exact) mass is 357 g/mol. The van der Waals surface area contributed by atoms with Crippen LogP contribution in [0.25, 0.3) is 21.9 Å². The number of rotatable bonds is 4. The molecule has 0 fully saturated rings. The molecule has 0 bridgehead atoms. The molecule has 0 amide bonds. The fourth-order valence-corrected chi connectivity index (χ4v) is 3.72. The van der Waals surface area contributed by atoms with Crippen LogP contribution in [-0.2, 0) is 0 Å². The summed E-state index contributed by atoms with van der Waals surface area (Å²) in [4.78, 5) is 17.8. The SMILES string of the molecule is O=C(C(=Cc1cccc(O)c1)c1nc2ccccc2s1)c1ccccc1. The van der Waals surface area contributed by atoms with Gasteiger partial charge in [0, 0.05) is 5.56 Å². The van der Waals surface area contributed by atoms with Crippen LogP contribution in [0.15, 0.2) is 78.9 Å². The third-order valence-electron chi connectivity index (χ3n) is 3.99. The van der Waals surface area contributed by atoms with Gasteiger partial charge in [0.25, 0.3) is 0 Å². The molecule has 0 aliphatic heterocycles. The molecule has 3 aromatic carbocycles. The van der Waals surface area contributed by atoms with E-state index in [4.69, 9.17) is 0 Å². The summed E-state index contributed by atoms with van der Waals surface area (Å²) in [6, 6.07) is 23.8. The summed E-state index contributed by atoms with van der Waals surface area (Å²) < 4.78 is 1.03. The minimum Gasteiger partial charge on any atom is -0.508 e. The molecule has 126 valence electrons. The third kappa shape index (κ3) is 3.27. The third-order valence-corrected chi connectivity index (χ3v) is 5.06. The van der Waals surface area contributed by atoms with Crippen LogP contribution in [0.3, 0.4) is 0 Å². The molecule has 1 heterocycles. The standard InChI is InChI=1S/C22H15NO2S/c24-17-10-6-7-15(13-17)14-18(21(25)16-8-2-1-3-9-16)22-23-19-11-4-5-12-20(19)26-22/h1-14,24H. The van der Waals surface area contributed by atoms with Gasteiger partial charge in [-0.15, -0.1) is 11.3 Å². The number of carbonyl (C=O) groups excluding carboxylic acids is 1. The number of aromatic nitrogens is 1. The number of aromatic hydroxyl groups is 1. The zero-order valence-electron chi connectivity index (χ0n) is 13.8. The minimum atomic E-state index is -0.0898. The zero-order valence-corrected chi connectivity index (χ0v) is 14.6. The summed E-state index contributed by atoms with van der Waals surface area (Å²) in [5.41, 5.74) is 2.75. The molecule has 26 heavy (non-hydrogen) atoms. The summed E-state index contributed by atoms with van der Waals surface area (Å²) in [5.74, 6) is 0.0718. The van der Waals surface area contributed by atoms with E-state index in [2.05, 4.69) is 4.98 Å². The van der Waals surface area contributed by atoms with E-state index in [-0.39, 0.29) is 11.5 Å². The number of para-hydroxylation sites is 1. The maximum absolute atomic E-state index is 13.1. The second-order valence-electron chi connectivity index (χ2n) is 5.83. The number of Topliss-reactive ketones (excluding diaryl/α,β-unsaturated/α-hetero) is 1. The normalized spacial score (nSPS) is 11.6. The number of hydrogen-bond acceptors (Lipinski definition) is 4. The van der Waals surface area contributed by atoms with Gasteiger partial charge in [0.1, 0.15) is 10.8 Å². The summed E-state index contributed by atoms with van der Waals surface area (Å²) in [6.45, 7) is 0. The van der Waals surface area contributed by atoms with Crippen LogP contribution in [0.4, 0.5) is 0 Å². The van der Waals surface area contributed by atoms with Crippen molar-refractivity contribution in [2.75, 3.05) is 0 Å². The molecule has 0 radical (unpaired) electrons. The number of ketones is 1. The van der Waals surface area contributed by atoms with Crippen molar-refractivity contribution in [3.05, 3.63) is 95.0 Å². The lowest BCUT2D eigenvalue weighted by molar-refractivity contribution is 0.105. The van der Waals surface area contributed by atoms with Crippen molar-refractivity contribution in [3.63, 3.8) is 0 Å². The highest BCUT2D eigenvalue weighted by Crippen LogP contribution is 2.31. The number of thiazole rings is 1. The quantitative estimate of drug-likeness (QED) is 0.392. The van der Waals surface area contributed by atoms with Crippen LogP contribution in [0, 0.1) is 0 Å². The maximum Gasteiger partial charge on any atom is 0.196 e. The van der Waals surface area contributed by atoms with Gasteiger partial charge in [0.2, 0.25) is 0 Å². The number of hydrogen-bond donors (Lipinski definition) is 1. The minimum absolute atomic E-state index is 0.0898. The number of allylic oxidation sites excluding steroid dienone is 1. The summed E-state index contributed by atoms with van der Waals surface area (Å²) in [6.07, 6.45) is 1.78. The van der Waals surface area contributed by atoms with E-state index in [9.17, 15) is 9.90 Å². The molecule has 4 heteroatoms. The summed E-state index contributed by atoms with van der Waals surface area (Å²) in [5, 5.41) is 10.4. The van der Waals surface area contributed by atoms with Crippen molar-refractivity contribution in [3.8, 4) is 5.75 Å². The van der Waals surface area contributed by atoms with E-state index in [0.717, 1.165) is 15.8 Å². The number of phenols is 1. The van der Waals surface area contributed by atoms with E-state index >= 15 is 0 Å².